The summed E-state index contributed by atoms with van der Waals surface area (Å²) in [6, 6.07) is 11.3. The molecule has 0 radical (unpaired) electrons. The van der Waals surface area contributed by atoms with Crippen LogP contribution in [0.3, 0.4) is 0 Å². The molecule has 1 aromatic heterocycles. The summed E-state index contributed by atoms with van der Waals surface area (Å²) in [4.78, 5) is 15.7. The largest absolute Gasteiger partial charge is 0.497 e. The third-order valence-corrected chi connectivity index (χ3v) is 2.75. The van der Waals surface area contributed by atoms with Gasteiger partial charge in [0.15, 0.2) is 0 Å². The van der Waals surface area contributed by atoms with Crippen LogP contribution in [-0.4, -0.2) is 18.0 Å². The van der Waals surface area contributed by atoms with Crippen LogP contribution >= 0.6 is 0 Å². The molecule has 4 nitrogen and oxygen atoms in total. The molecule has 2 rings (SSSR count). The van der Waals surface area contributed by atoms with Crippen LogP contribution in [0.5, 0.6) is 5.75 Å². The van der Waals surface area contributed by atoms with Crippen molar-refractivity contribution in [3.05, 3.63) is 54.4 Å². The monoisotopic (exact) mass is 256 g/mol. The molecule has 98 valence electrons. The van der Waals surface area contributed by atoms with E-state index in [-0.39, 0.29) is 5.91 Å². The first kappa shape index (κ1) is 13.1. The number of anilines is 1. The van der Waals surface area contributed by atoms with Crippen molar-refractivity contribution in [2.75, 3.05) is 12.4 Å². The molecule has 19 heavy (non-hydrogen) atoms. The molecule has 1 amide bonds. The zero-order valence-electron chi connectivity index (χ0n) is 10.8. The Labute approximate surface area is 112 Å². The second kappa shape index (κ2) is 6.54. The lowest BCUT2D eigenvalue weighted by molar-refractivity contribution is -0.116. The maximum Gasteiger partial charge on any atom is 0.224 e. The summed E-state index contributed by atoms with van der Waals surface area (Å²) in [5.74, 6) is 0.812. The fourth-order valence-corrected chi connectivity index (χ4v) is 1.71. The van der Waals surface area contributed by atoms with Crippen molar-refractivity contribution in [1.29, 1.82) is 0 Å². The van der Waals surface area contributed by atoms with Crippen LogP contribution in [0.2, 0.25) is 0 Å². The van der Waals surface area contributed by atoms with Gasteiger partial charge < -0.3 is 10.1 Å². The van der Waals surface area contributed by atoms with E-state index in [1.807, 2.05) is 30.3 Å². The second-order valence-electron chi connectivity index (χ2n) is 4.14. The molecule has 0 aliphatic heterocycles. The van der Waals surface area contributed by atoms with Gasteiger partial charge in [0.1, 0.15) is 5.75 Å². The molecule has 0 saturated heterocycles. The van der Waals surface area contributed by atoms with Gasteiger partial charge in [-0.15, -0.1) is 0 Å². The summed E-state index contributed by atoms with van der Waals surface area (Å²) in [6.07, 6.45) is 4.45. The molecule has 4 heteroatoms. The highest BCUT2D eigenvalue weighted by Crippen LogP contribution is 2.13. The van der Waals surface area contributed by atoms with Crippen molar-refractivity contribution in [3.63, 3.8) is 0 Å². The normalized spacial score (nSPS) is 9.95. The van der Waals surface area contributed by atoms with Crippen molar-refractivity contribution in [1.82, 2.24) is 4.98 Å². The predicted molar refractivity (Wildman–Crippen MR) is 74.2 cm³/mol. The number of rotatable bonds is 5. The molecule has 0 unspecified atom stereocenters. The Hall–Kier alpha value is -2.36. The van der Waals surface area contributed by atoms with Crippen LogP contribution in [0.4, 0.5) is 5.69 Å². The molecule has 0 saturated carbocycles. The minimum absolute atomic E-state index is 0.0104. The average Bonchev–Trinajstić information content (AvgIpc) is 2.47. The van der Waals surface area contributed by atoms with E-state index < -0.39 is 0 Å². The average molecular weight is 256 g/mol. The van der Waals surface area contributed by atoms with Gasteiger partial charge in [-0.2, -0.15) is 0 Å². The number of nitrogens with zero attached hydrogens (tertiary/aromatic N) is 1. The summed E-state index contributed by atoms with van der Waals surface area (Å²) >= 11 is 0. The Morgan fingerprint density at radius 1 is 1.26 bits per heavy atom. The van der Waals surface area contributed by atoms with E-state index in [0.717, 1.165) is 17.0 Å². The maximum absolute atomic E-state index is 11.7. The molecule has 0 aliphatic carbocycles. The number of amides is 1. The Morgan fingerprint density at radius 2 is 2.05 bits per heavy atom. The number of benzene rings is 1. The smallest absolute Gasteiger partial charge is 0.224 e. The van der Waals surface area contributed by atoms with Gasteiger partial charge in [-0.25, -0.2) is 0 Å². The molecule has 0 fully saturated rings. The van der Waals surface area contributed by atoms with Crippen molar-refractivity contribution in [3.8, 4) is 5.75 Å². The van der Waals surface area contributed by atoms with E-state index in [4.69, 9.17) is 4.74 Å². The van der Waals surface area contributed by atoms with Gasteiger partial charge in [0, 0.05) is 12.6 Å². The topological polar surface area (TPSA) is 51.2 Å². The molecule has 0 spiro atoms. The van der Waals surface area contributed by atoms with Crippen molar-refractivity contribution >= 4 is 11.6 Å². The number of carbonyl (C=O) groups excluding carboxylic acids is 1. The minimum atomic E-state index is -0.0104. The first-order valence-electron chi connectivity index (χ1n) is 6.11. The first-order chi connectivity index (χ1) is 9.28. The Morgan fingerprint density at radius 3 is 2.68 bits per heavy atom. The summed E-state index contributed by atoms with van der Waals surface area (Å²) in [5.41, 5.74) is 1.84. The van der Waals surface area contributed by atoms with Crippen LogP contribution in [0.1, 0.15) is 12.0 Å². The number of hydrogen-bond acceptors (Lipinski definition) is 3. The van der Waals surface area contributed by atoms with Crippen LogP contribution < -0.4 is 10.1 Å². The highest BCUT2D eigenvalue weighted by molar-refractivity contribution is 5.90. The number of aryl methyl sites for hydroxylation is 1. The lowest BCUT2D eigenvalue weighted by atomic mass is 10.1. The second-order valence-corrected chi connectivity index (χ2v) is 4.14. The zero-order valence-corrected chi connectivity index (χ0v) is 10.8. The van der Waals surface area contributed by atoms with Crippen LogP contribution in [-0.2, 0) is 11.2 Å². The highest BCUT2D eigenvalue weighted by atomic mass is 16.5. The van der Waals surface area contributed by atoms with Gasteiger partial charge in [-0.05, 0) is 36.2 Å². The summed E-state index contributed by atoms with van der Waals surface area (Å²) in [6.45, 7) is 0. The molecule has 1 aromatic carbocycles. The van der Waals surface area contributed by atoms with E-state index in [1.54, 1.807) is 25.6 Å². The van der Waals surface area contributed by atoms with Gasteiger partial charge in [0.2, 0.25) is 5.91 Å². The molecule has 0 aliphatic rings. The van der Waals surface area contributed by atoms with E-state index in [2.05, 4.69) is 10.3 Å². The van der Waals surface area contributed by atoms with Crippen molar-refractivity contribution in [2.24, 2.45) is 0 Å². The summed E-state index contributed by atoms with van der Waals surface area (Å²) in [5, 5.41) is 2.81. The van der Waals surface area contributed by atoms with Crippen LogP contribution in [0.15, 0.2) is 48.8 Å². The van der Waals surface area contributed by atoms with Gasteiger partial charge >= 0.3 is 0 Å². The van der Waals surface area contributed by atoms with E-state index in [0.29, 0.717) is 12.8 Å². The zero-order chi connectivity index (χ0) is 13.5. The number of carbonyl (C=O) groups is 1. The number of aromatic nitrogens is 1. The SMILES string of the molecule is COc1ccc(CCC(=O)Nc2cccnc2)cc1. The lowest BCUT2D eigenvalue weighted by Gasteiger charge is -2.05. The fraction of sp³-hybridized carbons (Fsp3) is 0.200. The Balaban J connectivity index is 1.83. The Bertz CT molecular complexity index is 524. The van der Waals surface area contributed by atoms with E-state index in [1.165, 1.54) is 0 Å². The van der Waals surface area contributed by atoms with Gasteiger partial charge in [0.05, 0.1) is 19.0 Å². The molecule has 1 heterocycles. The van der Waals surface area contributed by atoms with E-state index >= 15 is 0 Å². The summed E-state index contributed by atoms with van der Waals surface area (Å²) in [7, 11) is 1.64. The molecule has 1 N–H and O–H groups in total. The maximum atomic E-state index is 11.7. The molecule has 2 aromatic rings. The number of ether oxygens (including phenoxy) is 1. The molecular formula is C15H16N2O2. The van der Waals surface area contributed by atoms with Crippen LogP contribution in [0, 0.1) is 0 Å². The fourth-order valence-electron chi connectivity index (χ4n) is 1.71. The molecule has 0 atom stereocenters. The van der Waals surface area contributed by atoms with Crippen LogP contribution in [0.25, 0.3) is 0 Å². The quantitative estimate of drug-likeness (QED) is 0.894. The van der Waals surface area contributed by atoms with Gasteiger partial charge in [0.25, 0.3) is 0 Å². The van der Waals surface area contributed by atoms with Crippen molar-refractivity contribution in [2.45, 2.75) is 12.8 Å². The van der Waals surface area contributed by atoms with Crippen molar-refractivity contribution < 1.29 is 9.53 Å². The number of nitrogens with one attached hydrogen (secondary N) is 1. The number of methoxy groups -OCH3 is 1. The minimum Gasteiger partial charge on any atom is -0.497 e. The summed E-state index contributed by atoms with van der Waals surface area (Å²) < 4.78 is 5.09. The lowest BCUT2D eigenvalue weighted by Crippen LogP contribution is -2.12. The number of hydrogen-bond donors (Lipinski definition) is 1. The molecule has 0 bridgehead atoms. The standard InChI is InChI=1S/C15H16N2O2/c1-19-14-7-4-12(5-8-14)6-9-15(18)17-13-3-2-10-16-11-13/h2-5,7-8,10-11H,6,9H2,1H3,(H,17,18). The predicted octanol–water partition coefficient (Wildman–Crippen LogP) is 2.66. The van der Waals surface area contributed by atoms with Gasteiger partial charge in [-0.1, -0.05) is 12.1 Å². The first-order valence-corrected chi connectivity index (χ1v) is 6.11. The third-order valence-electron chi connectivity index (χ3n) is 2.75. The van der Waals surface area contributed by atoms with Gasteiger partial charge in [-0.3, -0.25) is 9.78 Å². The van der Waals surface area contributed by atoms with E-state index in [9.17, 15) is 4.79 Å². The number of pyridine rings is 1. The highest BCUT2D eigenvalue weighted by Gasteiger charge is 2.03. The third kappa shape index (κ3) is 4.10. The molecular weight excluding hydrogens is 240 g/mol. The Kier molecular flexibility index (Phi) is 4.50.